The van der Waals surface area contributed by atoms with E-state index < -0.39 is 10.0 Å². The normalized spacial score (nSPS) is 13.7. The van der Waals surface area contributed by atoms with Gasteiger partial charge < -0.3 is 9.26 Å². The van der Waals surface area contributed by atoms with Crippen molar-refractivity contribution in [1.29, 1.82) is 0 Å². The summed E-state index contributed by atoms with van der Waals surface area (Å²) in [4.78, 5) is 17.7. The first-order valence-corrected chi connectivity index (χ1v) is 11.2. The number of halogens is 1. The maximum absolute atomic E-state index is 13.0. The number of carbonyl (C=O) groups excluding carboxylic acids is 1. The lowest BCUT2D eigenvalue weighted by Gasteiger charge is -2.29. The molecule has 2 aromatic carbocycles. The summed E-state index contributed by atoms with van der Waals surface area (Å²) in [6, 6.07) is 8.16. The molecule has 0 spiro atoms. The molecule has 0 aliphatic carbocycles. The Kier molecular flexibility index (Phi) is 5.36. The zero-order valence-electron chi connectivity index (χ0n) is 17.0. The second kappa shape index (κ2) is 7.86. The van der Waals surface area contributed by atoms with Gasteiger partial charge >= 0.3 is 0 Å². The molecule has 0 fully saturated rings. The van der Waals surface area contributed by atoms with Crippen LogP contribution in [-0.4, -0.2) is 31.1 Å². The fourth-order valence-corrected chi connectivity index (χ4v) is 4.83. The van der Waals surface area contributed by atoms with E-state index in [1.807, 2.05) is 19.1 Å². The number of benzene rings is 2. The number of ether oxygens (including phenoxy) is 1. The summed E-state index contributed by atoms with van der Waals surface area (Å²) in [5.74, 6) is 0.553. The van der Waals surface area contributed by atoms with Crippen molar-refractivity contribution in [3.05, 3.63) is 58.2 Å². The molecule has 0 radical (unpaired) electrons. The van der Waals surface area contributed by atoms with Crippen LogP contribution in [0, 0.1) is 20.8 Å². The van der Waals surface area contributed by atoms with Gasteiger partial charge in [-0.3, -0.25) is 14.4 Å². The molecule has 2 heterocycles. The molecule has 4 rings (SSSR count). The summed E-state index contributed by atoms with van der Waals surface area (Å²) >= 11 is 6.34. The second-order valence-electron chi connectivity index (χ2n) is 7.17. The number of sulfonamides is 1. The highest BCUT2D eigenvalue weighted by Gasteiger charge is 2.31. The Morgan fingerprint density at radius 2 is 1.97 bits per heavy atom. The van der Waals surface area contributed by atoms with Crippen LogP contribution >= 0.6 is 11.6 Å². The van der Waals surface area contributed by atoms with Gasteiger partial charge in [0.15, 0.2) is 12.4 Å². The van der Waals surface area contributed by atoms with E-state index in [2.05, 4.69) is 14.9 Å². The Morgan fingerprint density at radius 1 is 1.19 bits per heavy atom. The highest BCUT2D eigenvalue weighted by Crippen LogP contribution is 2.39. The van der Waals surface area contributed by atoms with E-state index in [9.17, 15) is 13.2 Å². The lowest BCUT2D eigenvalue weighted by molar-refractivity contribution is -0.121. The van der Waals surface area contributed by atoms with Crippen molar-refractivity contribution in [2.75, 3.05) is 16.2 Å². The molecule has 9 nitrogen and oxygen atoms in total. The fourth-order valence-electron chi connectivity index (χ4n) is 3.17. The number of fused-ring (bicyclic) bond motifs is 1. The number of amides is 1. The summed E-state index contributed by atoms with van der Waals surface area (Å²) in [5.41, 5.74) is 2.47. The number of hydrogen-bond donors (Lipinski definition) is 1. The molecule has 1 aromatic heterocycles. The molecule has 31 heavy (non-hydrogen) atoms. The van der Waals surface area contributed by atoms with Crippen LogP contribution in [-0.2, 0) is 21.4 Å². The van der Waals surface area contributed by atoms with Gasteiger partial charge in [-0.2, -0.15) is 4.98 Å². The molecule has 1 aliphatic rings. The average molecular weight is 463 g/mol. The van der Waals surface area contributed by atoms with Crippen LogP contribution < -0.4 is 14.4 Å². The van der Waals surface area contributed by atoms with Crippen molar-refractivity contribution in [1.82, 2.24) is 10.1 Å². The molecule has 1 aliphatic heterocycles. The Hall–Kier alpha value is -3.11. The van der Waals surface area contributed by atoms with Crippen LogP contribution in [0.15, 0.2) is 39.8 Å². The van der Waals surface area contributed by atoms with Crippen molar-refractivity contribution < 1.29 is 22.5 Å². The molecule has 0 saturated carbocycles. The Labute approximate surface area is 184 Å². The van der Waals surface area contributed by atoms with E-state index in [0.29, 0.717) is 23.1 Å². The van der Waals surface area contributed by atoms with E-state index in [0.717, 1.165) is 11.1 Å². The maximum atomic E-state index is 13.0. The highest BCUT2D eigenvalue weighted by atomic mass is 35.5. The monoisotopic (exact) mass is 462 g/mol. The van der Waals surface area contributed by atoms with Crippen LogP contribution in [0.2, 0.25) is 5.02 Å². The SMILES string of the molecule is Cc1ccc(C)c(NS(=O)(=O)c2cc3c(cc2Cl)N(Cc2noc(C)n2)C(=O)CO3)c1. The molecule has 1 N–H and O–H groups in total. The summed E-state index contributed by atoms with van der Waals surface area (Å²) in [6.45, 7) is 5.10. The number of nitrogens with zero attached hydrogens (tertiary/aromatic N) is 3. The lowest BCUT2D eigenvalue weighted by atomic mass is 10.1. The Morgan fingerprint density at radius 3 is 2.68 bits per heavy atom. The van der Waals surface area contributed by atoms with E-state index in [-0.39, 0.29) is 34.7 Å². The Bertz CT molecular complexity index is 1290. The van der Waals surface area contributed by atoms with Crippen LogP contribution in [0.25, 0.3) is 0 Å². The first-order chi connectivity index (χ1) is 14.6. The summed E-state index contributed by atoms with van der Waals surface area (Å²) in [7, 11) is -4.01. The first-order valence-electron chi connectivity index (χ1n) is 9.30. The number of carbonyl (C=O) groups is 1. The van der Waals surface area contributed by atoms with E-state index in [1.54, 1.807) is 19.9 Å². The van der Waals surface area contributed by atoms with Gasteiger partial charge in [-0.15, -0.1) is 0 Å². The molecule has 0 unspecified atom stereocenters. The molecule has 162 valence electrons. The quantitative estimate of drug-likeness (QED) is 0.618. The molecule has 0 bridgehead atoms. The Balaban J connectivity index is 1.70. The number of aryl methyl sites for hydroxylation is 3. The zero-order valence-corrected chi connectivity index (χ0v) is 18.5. The largest absolute Gasteiger partial charge is 0.482 e. The summed E-state index contributed by atoms with van der Waals surface area (Å²) in [6.07, 6.45) is 0. The fraction of sp³-hybridized carbons (Fsp3) is 0.250. The number of aromatic nitrogens is 2. The van der Waals surface area contributed by atoms with Crippen LogP contribution in [0.4, 0.5) is 11.4 Å². The average Bonchev–Trinajstić information content (AvgIpc) is 3.11. The molecule has 3 aromatic rings. The van der Waals surface area contributed by atoms with Gasteiger partial charge in [0.05, 0.1) is 22.9 Å². The lowest BCUT2D eigenvalue weighted by Crippen LogP contribution is -2.38. The molecular weight excluding hydrogens is 444 g/mol. The van der Waals surface area contributed by atoms with Gasteiger partial charge in [-0.25, -0.2) is 8.42 Å². The smallest absolute Gasteiger partial charge is 0.265 e. The predicted octanol–water partition coefficient (Wildman–Crippen LogP) is 3.37. The van der Waals surface area contributed by atoms with Gasteiger partial charge in [-0.1, -0.05) is 28.9 Å². The third kappa shape index (κ3) is 4.21. The van der Waals surface area contributed by atoms with Crippen molar-refractivity contribution in [3.8, 4) is 5.75 Å². The summed E-state index contributed by atoms with van der Waals surface area (Å²) in [5, 5.41) is 3.75. The molecule has 0 atom stereocenters. The van der Waals surface area contributed by atoms with Gasteiger partial charge in [0.1, 0.15) is 10.6 Å². The number of hydrogen-bond acceptors (Lipinski definition) is 7. The number of nitrogens with one attached hydrogen (secondary N) is 1. The third-order valence-electron chi connectivity index (χ3n) is 4.75. The topological polar surface area (TPSA) is 115 Å². The first kappa shape index (κ1) is 21.1. The van der Waals surface area contributed by atoms with Crippen molar-refractivity contribution in [2.24, 2.45) is 0 Å². The van der Waals surface area contributed by atoms with Crippen molar-refractivity contribution in [2.45, 2.75) is 32.2 Å². The van der Waals surface area contributed by atoms with E-state index in [4.69, 9.17) is 20.9 Å². The van der Waals surface area contributed by atoms with Crippen molar-refractivity contribution in [3.63, 3.8) is 0 Å². The minimum Gasteiger partial charge on any atom is -0.482 e. The standard InChI is InChI=1S/C20H19ClN4O5S/c1-11-4-5-12(2)15(6-11)24-31(27,28)18-8-17-16(7-14(18)21)25(20(26)10-29-17)9-19-22-13(3)30-23-19/h4-8,24H,9-10H2,1-3H3. The van der Waals surface area contributed by atoms with E-state index in [1.165, 1.54) is 17.0 Å². The van der Waals surface area contributed by atoms with Crippen LogP contribution in [0.3, 0.4) is 0 Å². The minimum absolute atomic E-state index is 0.0374. The highest BCUT2D eigenvalue weighted by molar-refractivity contribution is 7.92. The molecular formula is C20H19ClN4O5S. The summed E-state index contributed by atoms with van der Waals surface area (Å²) < 4.78 is 39.1. The molecule has 1 amide bonds. The van der Waals surface area contributed by atoms with Gasteiger partial charge in [0, 0.05) is 13.0 Å². The third-order valence-corrected chi connectivity index (χ3v) is 6.58. The van der Waals surface area contributed by atoms with Crippen LogP contribution in [0.1, 0.15) is 22.8 Å². The minimum atomic E-state index is -4.01. The molecule has 11 heteroatoms. The number of anilines is 2. The van der Waals surface area contributed by atoms with Gasteiger partial charge in [0.25, 0.3) is 15.9 Å². The maximum Gasteiger partial charge on any atom is 0.265 e. The van der Waals surface area contributed by atoms with Crippen molar-refractivity contribution >= 4 is 38.9 Å². The number of rotatable bonds is 5. The molecule has 0 saturated heterocycles. The van der Waals surface area contributed by atoms with Gasteiger partial charge in [-0.05, 0) is 37.1 Å². The predicted molar refractivity (Wildman–Crippen MR) is 114 cm³/mol. The van der Waals surface area contributed by atoms with E-state index >= 15 is 0 Å². The van der Waals surface area contributed by atoms with Gasteiger partial charge in [0.2, 0.25) is 5.89 Å². The zero-order chi connectivity index (χ0) is 22.3. The second-order valence-corrected chi connectivity index (χ2v) is 9.23. The van der Waals surface area contributed by atoms with Crippen LogP contribution in [0.5, 0.6) is 5.75 Å².